The minimum Gasteiger partial charge on any atom is -0.302 e. The van der Waals surface area contributed by atoms with E-state index in [1.807, 2.05) is 0 Å². The zero-order chi connectivity index (χ0) is 17.5. The highest BCUT2D eigenvalue weighted by Crippen LogP contribution is 2.21. The standard InChI is InChI=1S/C24H29N/c1-20-9-8-13-24(21(20)2)12-6-7-16-25-17-14-23(15-18-25)19-22-10-4-3-5-11-22/h3-5,8-11,13,23H,7,14-19H2,1-2H3. The van der Waals surface area contributed by atoms with Crippen LogP contribution in [0, 0.1) is 31.6 Å². The van der Waals surface area contributed by atoms with E-state index in [2.05, 4.69) is 79.1 Å². The third-order valence-corrected chi connectivity index (χ3v) is 5.46. The van der Waals surface area contributed by atoms with E-state index in [0.717, 1.165) is 18.9 Å². The molecule has 1 fully saturated rings. The van der Waals surface area contributed by atoms with Gasteiger partial charge in [-0.25, -0.2) is 0 Å². The lowest BCUT2D eigenvalue weighted by atomic mass is 9.90. The Kier molecular flexibility index (Phi) is 6.31. The highest BCUT2D eigenvalue weighted by atomic mass is 15.1. The van der Waals surface area contributed by atoms with E-state index in [9.17, 15) is 0 Å². The van der Waals surface area contributed by atoms with Gasteiger partial charge in [-0.05, 0) is 74.9 Å². The van der Waals surface area contributed by atoms with Crippen molar-refractivity contribution >= 4 is 0 Å². The summed E-state index contributed by atoms with van der Waals surface area (Å²) in [4.78, 5) is 2.58. The molecule has 1 aliphatic heterocycles. The lowest BCUT2D eigenvalue weighted by molar-refractivity contribution is 0.187. The topological polar surface area (TPSA) is 3.24 Å². The monoisotopic (exact) mass is 331 g/mol. The molecule has 0 N–H and O–H groups in total. The van der Waals surface area contributed by atoms with Gasteiger partial charge in [0.25, 0.3) is 0 Å². The number of rotatable bonds is 4. The smallest absolute Gasteiger partial charge is 0.0277 e. The van der Waals surface area contributed by atoms with Gasteiger partial charge in [0.2, 0.25) is 0 Å². The Morgan fingerprint density at radius 3 is 2.48 bits per heavy atom. The van der Waals surface area contributed by atoms with Gasteiger partial charge in [0.1, 0.15) is 0 Å². The molecule has 3 rings (SSSR count). The van der Waals surface area contributed by atoms with Crippen molar-refractivity contribution in [3.05, 3.63) is 70.8 Å². The molecule has 2 aromatic rings. The molecule has 1 saturated heterocycles. The van der Waals surface area contributed by atoms with Crippen LogP contribution in [0.15, 0.2) is 48.5 Å². The highest BCUT2D eigenvalue weighted by molar-refractivity contribution is 5.44. The Hall–Kier alpha value is -2.04. The van der Waals surface area contributed by atoms with E-state index in [0.29, 0.717) is 0 Å². The van der Waals surface area contributed by atoms with Crippen LogP contribution in [0.5, 0.6) is 0 Å². The molecule has 1 aliphatic rings. The SMILES string of the molecule is Cc1cccc(C#CCCN2CCC(Cc3ccccc3)CC2)c1C. The molecule has 0 aliphatic carbocycles. The third-order valence-electron chi connectivity index (χ3n) is 5.46. The molecule has 1 heteroatoms. The summed E-state index contributed by atoms with van der Waals surface area (Å²) in [6.45, 7) is 7.87. The number of aryl methyl sites for hydroxylation is 1. The van der Waals surface area contributed by atoms with E-state index in [-0.39, 0.29) is 0 Å². The molecule has 130 valence electrons. The normalized spacial score (nSPS) is 15.6. The van der Waals surface area contributed by atoms with Crippen LogP contribution in [0.3, 0.4) is 0 Å². The fraction of sp³-hybridized carbons (Fsp3) is 0.417. The molecule has 1 nitrogen and oxygen atoms in total. The first kappa shape index (κ1) is 17.8. The third kappa shape index (κ3) is 5.21. The molecule has 0 atom stereocenters. The molecule has 1 heterocycles. The van der Waals surface area contributed by atoms with Crippen molar-refractivity contribution < 1.29 is 0 Å². The van der Waals surface area contributed by atoms with E-state index in [1.165, 1.54) is 54.6 Å². The second-order valence-corrected chi connectivity index (χ2v) is 7.27. The van der Waals surface area contributed by atoms with Crippen molar-refractivity contribution in [2.24, 2.45) is 5.92 Å². The van der Waals surface area contributed by atoms with Crippen molar-refractivity contribution in [2.45, 2.75) is 39.5 Å². The van der Waals surface area contributed by atoms with Crippen LogP contribution >= 0.6 is 0 Å². The summed E-state index contributed by atoms with van der Waals surface area (Å²) in [6, 6.07) is 17.3. The maximum atomic E-state index is 3.38. The Morgan fingerprint density at radius 2 is 1.72 bits per heavy atom. The van der Waals surface area contributed by atoms with Crippen LogP contribution in [-0.4, -0.2) is 24.5 Å². The van der Waals surface area contributed by atoms with E-state index >= 15 is 0 Å². The summed E-state index contributed by atoms with van der Waals surface area (Å²) in [7, 11) is 0. The summed E-state index contributed by atoms with van der Waals surface area (Å²) >= 11 is 0. The molecular weight excluding hydrogens is 302 g/mol. The number of benzene rings is 2. The lowest BCUT2D eigenvalue weighted by Crippen LogP contribution is -2.34. The summed E-state index contributed by atoms with van der Waals surface area (Å²) in [6.07, 6.45) is 4.84. The number of piperidine rings is 1. The van der Waals surface area contributed by atoms with Gasteiger partial charge < -0.3 is 4.90 Å². The predicted octanol–water partition coefficient (Wildman–Crippen LogP) is 5.00. The van der Waals surface area contributed by atoms with Crippen molar-refractivity contribution in [3.63, 3.8) is 0 Å². The van der Waals surface area contributed by atoms with E-state index in [1.54, 1.807) is 0 Å². The maximum absolute atomic E-state index is 3.38. The second kappa shape index (κ2) is 8.88. The highest BCUT2D eigenvalue weighted by Gasteiger charge is 2.18. The molecule has 0 aromatic heterocycles. The van der Waals surface area contributed by atoms with Gasteiger partial charge in [-0.15, -0.1) is 0 Å². The molecule has 0 amide bonds. The van der Waals surface area contributed by atoms with Crippen molar-refractivity contribution in [3.8, 4) is 11.8 Å². The van der Waals surface area contributed by atoms with Gasteiger partial charge in [-0.1, -0.05) is 54.3 Å². The van der Waals surface area contributed by atoms with Crippen LogP contribution in [0.4, 0.5) is 0 Å². The van der Waals surface area contributed by atoms with Crippen molar-refractivity contribution in [1.29, 1.82) is 0 Å². The Bertz CT molecular complexity index is 728. The Balaban J connectivity index is 1.41. The van der Waals surface area contributed by atoms with Gasteiger partial charge in [0.05, 0.1) is 0 Å². The number of nitrogens with zero attached hydrogens (tertiary/aromatic N) is 1. The largest absolute Gasteiger partial charge is 0.302 e. The quantitative estimate of drug-likeness (QED) is 0.713. The van der Waals surface area contributed by atoms with Crippen LogP contribution in [0.1, 0.15) is 41.5 Å². The average Bonchev–Trinajstić information content (AvgIpc) is 2.64. The van der Waals surface area contributed by atoms with Gasteiger partial charge in [-0.3, -0.25) is 0 Å². The Morgan fingerprint density at radius 1 is 0.960 bits per heavy atom. The molecule has 2 aromatic carbocycles. The minimum atomic E-state index is 0.847. The van der Waals surface area contributed by atoms with Crippen LogP contribution in [-0.2, 0) is 6.42 Å². The predicted molar refractivity (Wildman–Crippen MR) is 107 cm³/mol. The zero-order valence-electron chi connectivity index (χ0n) is 15.6. The molecule has 0 saturated carbocycles. The number of likely N-dealkylation sites (tertiary alicyclic amines) is 1. The molecule has 0 radical (unpaired) electrons. The summed E-state index contributed by atoms with van der Waals surface area (Å²) in [5, 5.41) is 0. The average molecular weight is 332 g/mol. The number of hydrogen-bond donors (Lipinski definition) is 0. The summed E-state index contributed by atoms with van der Waals surface area (Å²) in [5.41, 5.74) is 5.31. The number of hydrogen-bond acceptors (Lipinski definition) is 1. The first-order chi connectivity index (χ1) is 12.2. The van der Waals surface area contributed by atoms with E-state index < -0.39 is 0 Å². The molecule has 0 bridgehead atoms. The minimum absolute atomic E-state index is 0.847. The van der Waals surface area contributed by atoms with Crippen molar-refractivity contribution in [1.82, 2.24) is 4.90 Å². The zero-order valence-corrected chi connectivity index (χ0v) is 15.6. The fourth-order valence-electron chi connectivity index (χ4n) is 3.62. The molecule has 0 unspecified atom stereocenters. The van der Waals surface area contributed by atoms with Gasteiger partial charge in [0.15, 0.2) is 0 Å². The van der Waals surface area contributed by atoms with Crippen LogP contribution < -0.4 is 0 Å². The lowest BCUT2D eigenvalue weighted by Gasteiger charge is -2.31. The first-order valence-corrected chi connectivity index (χ1v) is 9.54. The van der Waals surface area contributed by atoms with Gasteiger partial charge in [-0.2, -0.15) is 0 Å². The maximum Gasteiger partial charge on any atom is 0.0277 e. The van der Waals surface area contributed by atoms with Crippen LogP contribution in [0.2, 0.25) is 0 Å². The molecule has 0 spiro atoms. The van der Waals surface area contributed by atoms with Crippen molar-refractivity contribution in [2.75, 3.05) is 19.6 Å². The second-order valence-electron chi connectivity index (χ2n) is 7.27. The van der Waals surface area contributed by atoms with Crippen LogP contribution in [0.25, 0.3) is 0 Å². The summed E-state index contributed by atoms with van der Waals surface area (Å²) < 4.78 is 0. The Labute approximate surface area is 153 Å². The fourth-order valence-corrected chi connectivity index (χ4v) is 3.62. The van der Waals surface area contributed by atoms with E-state index in [4.69, 9.17) is 0 Å². The van der Waals surface area contributed by atoms with Gasteiger partial charge in [0, 0.05) is 18.5 Å². The van der Waals surface area contributed by atoms with Gasteiger partial charge >= 0.3 is 0 Å². The summed E-state index contributed by atoms with van der Waals surface area (Å²) in [5.74, 6) is 7.58. The first-order valence-electron chi connectivity index (χ1n) is 9.54. The molecular formula is C24H29N. The molecule has 25 heavy (non-hydrogen) atoms.